The van der Waals surface area contributed by atoms with Crippen molar-refractivity contribution in [3.05, 3.63) is 94.5 Å². The second-order valence-corrected chi connectivity index (χ2v) is 10.4. The van der Waals surface area contributed by atoms with E-state index in [0.29, 0.717) is 17.1 Å². The summed E-state index contributed by atoms with van der Waals surface area (Å²) in [6.07, 6.45) is 4.34. The monoisotopic (exact) mass is 506 g/mol. The van der Waals surface area contributed by atoms with Gasteiger partial charge in [-0.05, 0) is 23.3 Å². The van der Waals surface area contributed by atoms with E-state index >= 15 is 0 Å². The number of hydrogen-bond donors (Lipinski definition) is 3. The van der Waals surface area contributed by atoms with Crippen molar-refractivity contribution in [2.45, 2.75) is 29.2 Å². The average Bonchev–Trinajstić information content (AvgIpc) is 3.37. The van der Waals surface area contributed by atoms with E-state index in [4.69, 9.17) is 0 Å². The molecule has 0 unspecified atom stereocenters. The highest BCUT2D eigenvalue weighted by Gasteiger charge is 2.54. The van der Waals surface area contributed by atoms with Crippen molar-refractivity contribution in [2.75, 3.05) is 5.75 Å². The van der Waals surface area contributed by atoms with Crippen molar-refractivity contribution in [1.29, 1.82) is 0 Å². The molecule has 3 heterocycles. The van der Waals surface area contributed by atoms with E-state index < -0.39 is 23.3 Å². The number of benzene rings is 2. The Labute approximate surface area is 210 Å². The number of H-pyrrole nitrogens is 1. The smallest absolute Gasteiger partial charge is 0.353 e. The molecule has 3 N–H and O–H groups in total. The van der Waals surface area contributed by atoms with Gasteiger partial charge in [0, 0.05) is 34.4 Å². The van der Waals surface area contributed by atoms with E-state index in [1.807, 2.05) is 54.6 Å². The lowest BCUT2D eigenvalue weighted by Crippen LogP contribution is -2.70. The zero-order chi connectivity index (χ0) is 24.4. The fourth-order valence-corrected chi connectivity index (χ4v) is 6.55. The molecule has 8 nitrogen and oxygen atoms in total. The van der Waals surface area contributed by atoms with Gasteiger partial charge in [-0.3, -0.25) is 14.5 Å². The van der Waals surface area contributed by atoms with Crippen LogP contribution in [0.5, 0.6) is 0 Å². The molecule has 1 fully saturated rings. The highest BCUT2D eigenvalue weighted by atomic mass is 32.2. The molecular weight excluding hydrogens is 484 g/mol. The summed E-state index contributed by atoms with van der Waals surface area (Å²) in [4.78, 5) is 47.6. The molecule has 2 aliphatic heterocycles. The van der Waals surface area contributed by atoms with E-state index in [0.717, 1.165) is 21.8 Å². The Kier molecular flexibility index (Phi) is 6.65. The van der Waals surface area contributed by atoms with Gasteiger partial charge in [-0.1, -0.05) is 54.2 Å². The van der Waals surface area contributed by atoms with Crippen LogP contribution >= 0.6 is 23.5 Å². The van der Waals surface area contributed by atoms with Crippen LogP contribution in [-0.2, 0) is 27.2 Å². The van der Waals surface area contributed by atoms with Crippen LogP contribution in [-0.4, -0.2) is 54.9 Å². The van der Waals surface area contributed by atoms with Gasteiger partial charge >= 0.3 is 5.97 Å². The first-order valence-corrected chi connectivity index (χ1v) is 12.9. The highest BCUT2D eigenvalue weighted by molar-refractivity contribution is 8.06. The fourth-order valence-electron chi connectivity index (χ4n) is 4.08. The van der Waals surface area contributed by atoms with Gasteiger partial charge in [0.1, 0.15) is 22.9 Å². The number of imidazole rings is 1. The molecular formula is C25H22N4O4S2. The molecule has 0 aliphatic carbocycles. The molecule has 0 spiro atoms. The molecule has 2 amide bonds. The summed E-state index contributed by atoms with van der Waals surface area (Å²) in [5.41, 5.74) is 1.93. The second-order valence-electron chi connectivity index (χ2n) is 8.15. The average molecular weight is 507 g/mol. The van der Waals surface area contributed by atoms with E-state index in [-0.39, 0.29) is 18.0 Å². The van der Waals surface area contributed by atoms with Crippen molar-refractivity contribution < 1.29 is 19.5 Å². The van der Waals surface area contributed by atoms with Crippen LogP contribution < -0.4 is 5.32 Å². The third kappa shape index (κ3) is 4.98. The number of hydrogen-bond acceptors (Lipinski definition) is 6. The summed E-state index contributed by atoms with van der Waals surface area (Å²) in [5, 5.41) is 12.3. The van der Waals surface area contributed by atoms with Gasteiger partial charge in [-0.25, -0.2) is 9.78 Å². The second kappa shape index (κ2) is 10.0. The van der Waals surface area contributed by atoms with Crippen LogP contribution in [0.25, 0.3) is 0 Å². The third-order valence-corrected chi connectivity index (χ3v) is 8.31. The number of fused-ring (bicyclic) bond motifs is 1. The zero-order valence-electron chi connectivity index (χ0n) is 18.5. The van der Waals surface area contributed by atoms with Gasteiger partial charge in [0.25, 0.3) is 5.91 Å². The Morgan fingerprint density at radius 2 is 1.91 bits per heavy atom. The minimum atomic E-state index is -1.14. The number of thioether (sulfide) groups is 2. The number of carbonyl (C=O) groups is 3. The Morgan fingerprint density at radius 3 is 2.60 bits per heavy atom. The Hall–Kier alpha value is -3.50. The largest absolute Gasteiger partial charge is 0.477 e. The lowest BCUT2D eigenvalue weighted by Gasteiger charge is -2.49. The minimum absolute atomic E-state index is 0.00281. The van der Waals surface area contributed by atoms with Crippen molar-refractivity contribution in [3.63, 3.8) is 0 Å². The molecule has 2 aromatic carbocycles. The van der Waals surface area contributed by atoms with Crippen LogP contribution in [0.2, 0.25) is 0 Å². The molecule has 35 heavy (non-hydrogen) atoms. The van der Waals surface area contributed by atoms with E-state index in [2.05, 4.69) is 15.3 Å². The first-order chi connectivity index (χ1) is 17.0. The predicted octanol–water partition coefficient (Wildman–Crippen LogP) is 3.03. The SMILES string of the molecule is O=C(Cc1ccccc1)N[C@@H]1C(=O)N2C(C(=O)O)=C(Sc3ccc(Cc4ncc[nH]4)cc3)CS[C@@H]12. The number of aromatic amines is 1. The van der Waals surface area contributed by atoms with Crippen LogP contribution in [0.4, 0.5) is 0 Å². The number of aliphatic carboxylic acids is 1. The van der Waals surface area contributed by atoms with Crippen molar-refractivity contribution in [1.82, 2.24) is 20.2 Å². The normalized spacial score (nSPS) is 19.2. The first kappa shape index (κ1) is 23.3. The number of rotatable bonds is 8. The number of amides is 2. The molecule has 178 valence electrons. The summed E-state index contributed by atoms with van der Waals surface area (Å²) in [5.74, 6) is -0.481. The van der Waals surface area contributed by atoms with Gasteiger partial charge in [0.05, 0.1) is 6.42 Å². The highest BCUT2D eigenvalue weighted by Crippen LogP contribution is 2.45. The van der Waals surface area contributed by atoms with Crippen LogP contribution in [0.3, 0.4) is 0 Å². The molecule has 0 saturated carbocycles. The number of carbonyl (C=O) groups excluding carboxylic acids is 2. The molecule has 2 aliphatic rings. The van der Waals surface area contributed by atoms with Gasteiger partial charge in [0.2, 0.25) is 5.91 Å². The van der Waals surface area contributed by atoms with E-state index in [1.165, 1.54) is 28.4 Å². The van der Waals surface area contributed by atoms with Gasteiger partial charge < -0.3 is 15.4 Å². The number of carboxylic acid groups (broad SMARTS) is 1. The third-order valence-electron chi connectivity index (χ3n) is 5.75. The number of nitrogens with zero attached hydrogens (tertiary/aromatic N) is 2. The number of carboxylic acids is 1. The summed E-state index contributed by atoms with van der Waals surface area (Å²) in [7, 11) is 0. The number of aromatic nitrogens is 2. The lowest BCUT2D eigenvalue weighted by molar-refractivity contribution is -0.150. The van der Waals surface area contributed by atoms with Crippen LogP contribution in [0.15, 0.2) is 82.5 Å². The maximum absolute atomic E-state index is 12.9. The quantitative estimate of drug-likeness (QED) is 0.402. The summed E-state index contributed by atoms with van der Waals surface area (Å²) in [6.45, 7) is 0. The maximum atomic E-state index is 12.9. The standard InChI is InChI=1S/C25H22N4O4S2/c30-20(13-15-4-2-1-3-5-15)28-21-23(31)29-22(25(32)33)18(14-34-24(21)29)35-17-8-6-16(7-9-17)12-19-26-10-11-27-19/h1-11,21,24H,12-14H2,(H,26,27)(H,28,30)(H,32,33)/t21-,24+/m1/s1. The molecule has 10 heteroatoms. The van der Waals surface area contributed by atoms with E-state index in [9.17, 15) is 19.5 Å². The van der Waals surface area contributed by atoms with Crippen molar-refractivity contribution >= 4 is 41.3 Å². The summed E-state index contributed by atoms with van der Waals surface area (Å²) >= 11 is 2.81. The molecule has 3 aromatic rings. The summed E-state index contributed by atoms with van der Waals surface area (Å²) < 4.78 is 0. The number of nitrogens with one attached hydrogen (secondary N) is 2. The zero-order valence-corrected chi connectivity index (χ0v) is 20.1. The van der Waals surface area contributed by atoms with Gasteiger partial charge in [0.15, 0.2) is 0 Å². The molecule has 5 rings (SSSR count). The van der Waals surface area contributed by atoms with Crippen molar-refractivity contribution in [3.8, 4) is 0 Å². The van der Waals surface area contributed by atoms with Gasteiger partial charge in [-0.15, -0.1) is 11.8 Å². The molecule has 1 aromatic heterocycles. The Morgan fingerprint density at radius 1 is 1.14 bits per heavy atom. The number of β-lactam (4-membered cyclic amide) rings is 1. The lowest BCUT2D eigenvalue weighted by atomic mass is 10.0. The van der Waals surface area contributed by atoms with Crippen LogP contribution in [0.1, 0.15) is 17.0 Å². The molecule has 2 atom stereocenters. The molecule has 0 bridgehead atoms. The topological polar surface area (TPSA) is 115 Å². The van der Waals surface area contributed by atoms with Crippen LogP contribution in [0, 0.1) is 0 Å². The van der Waals surface area contributed by atoms with Crippen molar-refractivity contribution in [2.24, 2.45) is 0 Å². The summed E-state index contributed by atoms with van der Waals surface area (Å²) in [6, 6.07) is 16.4. The first-order valence-electron chi connectivity index (χ1n) is 11.0. The minimum Gasteiger partial charge on any atom is -0.477 e. The van der Waals surface area contributed by atoms with Gasteiger partial charge in [-0.2, -0.15) is 0 Å². The predicted molar refractivity (Wildman–Crippen MR) is 134 cm³/mol. The van der Waals surface area contributed by atoms with E-state index in [1.54, 1.807) is 12.4 Å². The fraction of sp³-hybridized carbons (Fsp3) is 0.200. The molecule has 1 saturated heterocycles. The Balaban J connectivity index is 1.26. The Bertz CT molecular complexity index is 1280. The maximum Gasteiger partial charge on any atom is 0.353 e. The molecule has 0 radical (unpaired) electrons.